The Kier molecular flexibility index (Phi) is 3.57. The van der Waals surface area contributed by atoms with Crippen LogP contribution < -0.4 is 0 Å². The van der Waals surface area contributed by atoms with Gasteiger partial charge >= 0.3 is 0 Å². The lowest BCUT2D eigenvalue weighted by Gasteiger charge is -2.31. The fraction of sp³-hybridized carbons (Fsp3) is 0.900. The molecular formula is C10H19NO. The number of likely N-dealkylation sites (tertiary alicyclic amines) is 1. The van der Waals surface area contributed by atoms with Crippen LogP contribution in [0.15, 0.2) is 0 Å². The van der Waals surface area contributed by atoms with Crippen molar-refractivity contribution in [1.82, 2.24) is 4.90 Å². The molecule has 0 aromatic rings. The van der Waals surface area contributed by atoms with E-state index in [1.807, 2.05) is 4.90 Å². The van der Waals surface area contributed by atoms with Crippen LogP contribution in [0.5, 0.6) is 0 Å². The van der Waals surface area contributed by atoms with E-state index in [1.165, 1.54) is 12.8 Å². The van der Waals surface area contributed by atoms with Crippen LogP contribution in [-0.4, -0.2) is 23.9 Å². The quantitative estimate of drug-likeness (QED) is 0.633. The van der Waals surface area contributed by atoms with Gasteiger partial charge in [-0.3, -0.25) is 4.79 Å². The maximum absolute atomic E-state index is 11.3. The molecule has 1 atom stereocenters. The van der Waals surface area contributed by atoms with Crippen LogP contribution in [-0.2, 0) is 4.79 Å². The molecule has 70 valence electrons. The topological polar surface area (TPSA) is 20.3 Å². The zero-order chi connectivity index (χ0) is 8.97. The second kappa shape index (κ2) is 4.48. The largest absolute Gasteiger partial charge is 0.343 e. The summed E-state index contributed by atoms with van der Waals surface area (Å²) in [6.07, 6.45) is 4.42. The van der Waals surface area contributed by atoms with E-state index in [1.54, 1.807) is 0 Å². The van der Waals surface area contributed by atoms with Gasteiger partial charge in [0.05, 0.1) is 0 Å². The van der Waals surface area contributed by atoms with E-state index in [-0.39, 0.29) is 0 Å². The Morgan fingerprint density at radius 1 is 1.50 bits per heavy atom. The van der Waals surface area contributed by atoms with Crippen LogP contribution in [0.4, 0.5) is 0 Å². The molecule has 0 aromatic carbocycles. The predicted octanol–water partition coefficient (Wildman–Crippen LogP) is 2.04. The second-order valence-corrected chi connectivity index (χ2v) is 3.63. The first-order valence-electron chi connectivity index (χ1n) is 5.05. The molecule has 0 aliphatic carbocycles. The Hall–Kier alpha value is -0.530. The molecule has 1 saturated heterocycles. The second-order valence-electron chi connectivity index (χ2n) is 3.63. The van der Waals surface area contributed by atoms with Crippen molar-refractivity contribution in [3.8, 4) is 0 Å². The number of amides is 1. The molecule has 0 bridgehead atoms. The summed E-state index contributed by atoms with van der Waals surface area (Å²) in [6, 6.07) is 0. The molecule has 1 fully saturated rings. The molecule has 0 unspecified atom stereocenters. The SMILES string of the molecule is CCC[C@@H]1CCC(=O)N(CC)C1. The Morgan fingerprint density at radius 2 is 2.25 bits per heavy atom. The predicted molar refractivity (Wildman–Crippen MR) is 49.9 cm³/mol. The van der Waals surface area contributed by atoms with Gasteiger partial charge in [0.25, 0.3) is 0 Å². The van der Waals surface area contributed by atoms with Crippen molar-refractivity contribution in [2.75, 3.05) is 13.1 Å². The standard InChI is InChI=1S/C10H19NO/c1-3-5-9-6-7-10(12)11(4-2)8-9/h9H,3-8H2,1-2H3/t9-/m1/s1. The van der Waals surface area contributed by atoms with Crippen LogP contribution in [0.1, 0.15) is 39.5 Å². The molecule has 0 spiro atoms. The molecule has 1 rings (SSSR count). The first-order valence-corrected chi connectivity index (χ1v) is 5.05. The molecule has 1 aliphatic heterocycles. The lowest BCUT2D eigenvalue weighted by molar-refractivity contribution is -0.134. The van der Waals surface area contributed by atoms with E-state index >= 15 is 0 Å². The van der Waals surface area contributed by atoms with Gasteiger partial charge in [0.15, 0.2) is 0 Å². The van der Waals surface area contributed by atoms with Crippen molar-refractivity contribution in [2.45, 2.75) is 39.5 Å². The summed E-state index contributed by atoms with van der Waals surface area (Å²) in [7, 11) is 0. The van der Waals surface area contributed by atoms with Gasteiger partial charge in [-0.25, -0.2) is 0 Å². The molecule has 0 saturated carbocycles. The van der Waals surface area contributed by atoms with Gasteiger partial charge in [0.1, 0.15) is 0 Å². The molecular weight excluding hydrogens is 150 g/mol. The Bertz CT molecular complexity index is 156. The monoisotopic (exact) mass is 169 g/mol. The van der Waals surface area contributed by atoms with Gasteiger partial charge in [0.2, 0.25) is 5.91 Å². The Balaban J connectivity index is 2.38. The minimum atomic E-state index is 0.352. The molecule has 1 amide bonds. The number of hydrogen-bond donors (Lipinski definition) is 0. The summed E-state index contributed by atoms with van der Waals surface area (Å²) < 4.78 is 0. The summed E-state index contributed by atoms with van der Waals surface area (Å²) in [5.74, 6) is 1.12. The summed E-state index contributed by atoms with van der Waals surface area (Å²) in [5.41, 5.74) is 0. The highest BCUT2D eigenvalue weighted by Crippen LogP contribution is 2.21. The Labute approximate surface area is 74.9 Å². The number of nitrogens with zero attached hydrogens (tertiary/aromatic N) is 1. The molecule has 1 heterocycles. The van der Waals surface area contributed by atoms with Crippen molar-refractivity contribution >= 4 is 5.91 Å². The normalized spacial score (nSPS) is 24.7. The average molecular weight is 169 g/mol. The summed E-state index contributed by atoms with van der Waals surface area (Å²) in [5, 5.41) is 0. The van der Waals surface area contributed by atoms with Crippen molar-refractivity contribution in [1.29, 1.82) is 0 Å². The highest BCUT2D eigenvalue weighted by molar-refractivity contribution is 5.76. The zero-order valence-electron chi connectivity index (χ0n) is 8.18. The highest BCUT2D eigenvalue weighted by atomic mass is 16.2. The first kappa shape index (κ1) is 9.56. The molecule has 0 radical (unpaired) electrons. The molecule has 2 heteroatoms. The molecule has 0 aromatic heterocycles. The average Bonchev–Trinajstić information content (AvgIpc) is 2.09. The van der Waals surface area contributed by atoms with Crippen molar-refractivity contribution in [3.05, 3.63) is 0 Å². The fourth-order valence-electron chi connectivity index (χ4n) is 1.94. The van der Waals surface area contributed by atoms with Crippen LogP contribution >= 0.6 is 0 Å². The van der Waals surface area contributed by atoms with Crippen LogP contribution in [0.3, 0.4) is 0 Å². The van der Waals surface area contributed by atoms with Crippen LogP contribution in [0, 0.1) is 5.92 Å². The first-order chi connectivity index (χ1) is 5.77. The third-order valence-corrected chi connectivity index (χ3v) is 2.68. The zero-order valence-corrected chi connectivity index (χ0v) is 8.18. The van der Waals surface area contributed by atoms with E-state index in [0.717, 1.165) is 31.8 Å². The van der Waals surface area contributed by atoms with E-state index < -0.39 is 0 Å². The summed E-state index contributed by atoms with van der Waals surface area (Å²) in [6.45, 7) is 6.17. The van der Waals surface area contributed by atoms with Crippen LogP contribution in [0.25, 0.3) is 0 Å². The van der Waals surface area contributed by atoms with E-state index in [0.29, 0.717) is 5.91 Å². The molecule has 2 nitrogen and oxygen atoms in total. The third kappa shape index (κ3) is 2.23. The van der Waals surface area contributed by atoms with Gasteiger partial charge < -0.3 is 4.90 Å². The number of carbonyl (C=O) groups excluding carboxylic acids is 1. The van der Waals surface area contributed by atoms with Gasteiger partial charge in [-0.2, -0.15) is 0 Å². The third-order valence-electron chi connectivity index (χ3n) is 2.68. The van der Waals surface area contributed by atoms with Gasteiger partial charge in [0, 0.05) is 19.5 Å². The smallest absolute Gasteiger partial charge is 0.222 e. The Morgan fingerprint density at radius 3 is 2.83 bits per heavy atom. The number of piperidine rings is 1. The van der Waals surface area contributed by atoms with Gasteiger partial charge in [-0.15, -0.1) is 0 Å². The highest BCUT2D eigenvalue weighted by Gasteiger charge is 2.23. The van der Waals surface area contributed by atoms with Crippen molar-refractivity contribution in [2.24, 2.45) is 5.92 Å². The number of rotatable bonds is 3. The van der Waals surface area contributed by atoms with E-state index in [9.17, 15) is 4.79 Å². The van der Waals surface area contributed by atoms with Crippen molar-refractivity contribution in [3.63, 3.8) is 0 Å². The van der Waals surface area contributed by atoms with Gasteiger partial charge in [-0.05, 0) is 25.7 Å². The lowest BCUT2D eigenvalue weighted by atomic mass is 9.93. The molecule has 12 heavy (non-hydrogen) atoms. The van der Waals surface area contributed by atoms with Crippen LogP contribution in [0.2, 0.25) is 0 Å². The molecule has 0 N–H and O–H groups in total. The lowest BCUT2D eigenvalue weighted by Crippen LogP contribution is -2.39. The number of carbonyl (C=O) groups is 1. The number of hydrogen-bond acceptors (Lipinski definition) is 1. The minimum Gasteiger partial charge on any atom is -0.343 e. The van der Waals surface area contributed by atoms with E-state index in [4.69, 9.17) is 0 Å². The maximum atomic E-state index is 11.3. The van der Waals surface area contributed by atoms with E-state index in [2.05, 4.69) is 13.8 Å². The molecule has 1 aliphatic rings. The summed E-state index contributed by atoms with van der Waals surface area (Å²) in [4.78, 5) is 13.3. The fourth-order valence-corrected chi connectivity index (χ4v) is 1.94. The van der Waals surface area contributed by atoms with Crippen molar-refractivity contribution < 1.29 is 4.79 Å². The minimum absolute atomic E-state index is 0.352. The van der Waals surface area contributed by atoms with Gasteiger partial charge in [-0.1, -0.05) is 13.3 Å². The maximum Gasteiger partial charge on any atom is 0.222 e. The summed E-state index contributed by atoms with van der Waals surface area (Å²) >= 11 is 0.